The van der Waals surface area contributed by atoms with Gasteiger partial charge in [0.2, 0.25) is 4.80 Å². The fraction of sp³-hybridized carbons (Fsp3) is 0.158. The number of halogens is 2. The fourth-order valence-electron chi connectivity index (χ4n) is 2.32. The van der Waals surface area contributed by atoms with E-state index in [2.05, 4.69) is 14.8 Å². The first-order valence-corrected chi connectivity index (χ1v) is 8.91. The van der Waals surface area contributed by atoms with Gasteiger partial charge >= 0.3 is 6.61 Å². The summed E-state index contributed by atoms with van der Waals surface area (Å²) in [5, 5.41) is 6.56. The molecule has 0 saturated carbocycles. The van der Waals surface area contributed by atoms with Crippen LogP contribution in [0.25, 0.3) is 11.3 Å². The first kappa shape index (κ1) is 18.0. The van der Waals surface area contributed by atoms with Gasteiger partial charge in [-0.05, 0) is 36.8 Å². The number of hydrogen-bond acceptors (Lipinski definition) is 4. The molecule has 7 heteroatoms. The maximum Gasteiger partial charge on any atom is 0.387 e. The van der Waals surface area contributed by atoms with Crippen molar-refractivity contribution >= 4 is 17.6 Å². The Kier molecular flexibility index (Phi) is 5.91. The lowest BCUT2D eigenvalue weighted by Crippen LogP contribution is -2.12. The largest absolute Gasteiger partial charge is 0.435 e. The summed E-state index contributed by atoms with van der Waals surface area (Å²) in [6.45, 7) is -0.204. The number of rotatable bonds is 6. The van der Waals surface area contributed by atoms with Crippen molar-refractivity contribution in [3.8, 4) is 17.0 Å². The van der Waals surface area contributed by atoms with Crippen LogP contribution >= 0.6 is 11.3 Å². The van der Waals surface area contributed by atoms with E-state index in [0.29, 0.717) is 6.54 Å². The van der Waals surface area contributed by atoms with Gasteiger partial charge in [-0.2, -0.15) is 13.9 Å². The number of benzene rings is 2. The molecule has 0 spiro atoms. The third kappa shape index (κ3) is 4.43. The van der Waals surface area contributed by atoms with Gasteiger partial charge in [0.05, 0.1) is 11.9 Å². The van der Waals surface area contributed by atoms with Crippen molar-refractivity contribution in [1.82, 2.24) is 4.68 Å². The number of nitrogens with zero attached hydrogens (tertiary/aromatic N) is 3. The lowest BCUT2D eigenvalue weighted by Gasteiger charge is -2.05. The van der Waals surface area contributed by atoms with E-state index in [4.69, 9.17) is 0 Å². The van der Waals surface area contributed by atoms with Gasteiger partial charge < -0.3 is 4.74 Å². The highest BCUT2D eigenvalue weighted by Gasteiger charge is 2.07. The summed E-state index contributed by atoms with van der Waals surface area (Å²) < 4.78 is 30.6. The smallest absolute Gasteiger partial charge is 0.387 e. The molecule has 0 aliphatic heterocycles. The summed E-state index contributed by atoms with van der Waals surface area (Å²) in [4.78, 5) is 5.27. The number of alkyl halides is 2. The van der Waals surface area contributed by atoms with Gasteiger partial charge in [-0.25, -0.2) is 4.68 Å². The minimum Gasteiger partial charge on any atom is -0.435 e. The maximum absolute atomic E-state index is 12.2. The van der Waals surface area contributed by atoms with Gasteiger partial charge in [-0.3, -0.25) is 4.99 Å². The van der Waals surface area contributed by atoms with Crippen molar-refractivity contribution in [3.63, 3.8) is 0 Å². The molecule has 0 unspecified atom stereocenters. The molecule has 4 nitrogen and oxygen atoms in total. The minimum absolute atomic E-state index is 0.118. The molecule has 0 atom stereocenters. The van der Waals surface area contributed by atoms with E-state index >= 15 is 0 Å². The van der Waals surface area contributed by atoms with E-state index in [-0.39, 0.29) is 5.75 Å². The Hall–Kier alpha value is -2.80. The summed E-state index contributed by atoms with van der Waals surface area (Å²) in [6, 6.07) is 16.3. The Balaban J connectivity index is 1.92. The molecule has 0 aliphatic rings. The van der Waals surface area contributed by atoms with Crippen LogP contribution in [0.3, 0.4) is 0 Å². The number of aromatic nitrogens is 1. The summed E-state index contributed by atoms with van der Waals surface area (Å²) >= 11 is 1.52. The van der Waals surface area contributed by atoms with Crippen molar-refractivity contribution in [2.45, 2.75) is 13.5 Å². The Morgan fingerprint density at radius 3 is 2.50 bits per heavy atom. The molecule has 0 radical (unpaired) electrons. The van der Waals surface area contributed by atoms with Crippen LogP contribution in [0.5, 0.6) is 5.75 Å². The summed E-state index contributed by atoms with van der Waals surface area (Å²) in [6.07, 6.45) is 1.67. The van der Waals surface area contributed by atoms with Crippen LogP contribution in [0.15, 0.2) is 70.1 Å². The molecular weight excluding hydrogens is 356 g/mol. The highest BCUT2D eigenvalue weighted by molar-refractivity contribution is 7.07. The Bertz CT molecular complexity index is 931. The van der Waals surface area contributed by atoms with E-state index in [1.54, 1.807) is 23.0 Å². The predicted molar refractivity (Wildman–Crippen MR) is 99.9 cm³/mol. The third-order valence-corrected chi connectivity index (χ3v) is 4.33. The normalized spacial score (nSPS) is 12.2. The first-order chi connectivity index (χ1) is 12.7. The molecule has 26 heavy (non-hydrogen) atoms. The molecule has 3 aromatic rings. The molecule has 0 fully saturated rings. The molecule has 0 amide bonds. The molecule has 134 valence electrons. The van der Waals surface area contributed by atoms with Crippen molar-refractivity contribution < 1.29 is 13.5 Å². The molecular formula is C19H17F2N3OS. The molecule has 2 aromatic carbocycles. The van der Waals surface area contributed by atoms with Crippen molar-refractivity contribution in [2.24, 2.45) is 10.1 Å². The van der Waals surface area contributed by atoms with Crippen LogP contribution in [0, 0.1) is 0 Å². The van der Waals surface area contributed by atoms with Crippen LogP contribution in [0.4, 0.5) is 8.78 Å². The monoisotopic (exact) mass is 373 g/mol. The Morgan fingerprint density at radius 2 is 1.85 bits per heavy atom. The average molecular weight is 373 g/mol. The van der Waals surface area contributed by atoms with Crippen LogP contribution < -0.4 is 9.54 Å². The van der Waals surface area contributed by atoms with E-state index in [9.17, 15) is 8.78 Å². The molecule has 0 N–H and O–H groups in total. The van der Waals surface area contributed by atoms with Crippen LogP contribution in [-0.4, -0.2) is 24.0 Å². The highest BCUT2D eigenvalue weighted by atomic mass is 32.1. The van der Waals surface area contributed by atoms with Gasteiger partial charge in [-0.1, -0.05) is 30.3 Å². The molecule has 0 aliphatic carbocycles. The second-order valence-corrected chi connectivity index (χ2v) is 6.08. The lowest BCUT2D eigenvalue weighted by molar-refractivity contribution is -0.0498. The highest BCUT2D eigenvalue weighted by Crippen LogP contribution is 2.20. The number of hydrogen-bond donors (Lipinski definition) is 0. The third-order valence-electron chi connectivity index (χ3n) is 3.48. The van der Waals surface area contributed by atoms with Gasteiger partial charge in [0.15, 0.2) is 0 Å². The minimum atomic E-state index is -2.83. The van der Waals surface area contributed by atoms with E-state index in [1.807, 2.05) is 42.6 Å². The topological polar surface area (TPSA) is 38.9 Å². The van der Waals surface area contributed by atoms with E-state index in [1.165, 1.54) is 23.5 Å². The van der Waals surface area contributed by atoms with E-state index in [0.717, 1.165) is 21.6 Å². The Labute approximate surface area is 153 Å². The second kappa shape index (κ2) is 8.53. The van der Waals surface area contributed by atoms with Gasteiger partial charge in [-0.15, -0.1) is 11.3 Å². The standard InChI is InChI=1S/C19H17F2N3OS/c1-2-22-19-24(17(13-26-19)15-6-4-3-5-7-15)23-12-14-8-10-16(11-9-14)25-18(20)21/h3-13,18H,2H2,1H3/b22-19?,23-12+. The summed E-state index contributed by atoms with van der Waals surface area (Å²) in [7, 11) is 0. The van der Waals surface area contributed by atoms with Crippen molar-refractivity contribution in [1.29, 1.82) is 0 Å². The predicted octanol–water partition coefficient (Wildman–Crippen LogP) is 4.62. The second-order valence-electron chi connectivity index (χ2n) is 5.25. The fourth-order valence-corrected chi connectivity index (χ4v) is 3.22. The van der Waals surface area contributed by atoms with Crippen molar-refractivity contribution in [2.75, 3.05) is 6.54 Å². The van der Waals surface area contributed by atoms with Gasteiger partial charge in [0, 0.05) is 17.5 Å². The number of thiazole rings is 1. The lowest BCUT2D eigenvalue weighted by atomic mass is 10.2. The van der Waals surface area contributed by atoms with E-state index < -0.39 is 6.61 Å². The van der Waals surface area contributed by atoms with Crippen LogP contribution in [-0.2, 0) is 0 Å². The quantitative estimate of drug-likeness (QED) is 0.581. The SMILES string of the molecule is CCN=c1scc(-c2ccccc2)n1/N=C/c1ccc(OC(F)F)cc1. The summed E-state index contributed by atoms with van der Waals surface area (Å²) in [5.74, 6) is 0.118. The summed E-state index contributed by atoms with van der Waals surface area (Å²) in [5.41, 5.74) is 2.75. The van der Waals surface area contributed by atoms with Gasteiger partial charge in [0.1, 0.15) is 5.75 Å². The molecule has 3 rings (SSSR count). The molecule has 1 aromatic heterocycles. The van der Waals surface area contributed by atoms with Crippen LogP contribution in [0.1, 0.15) is 12.5 Å². The van der Waals surface area contributed by atoms with Gasteiger partial charge in [0.25, 0.3) is 0 Å². The maximum atomic E-state index is 12.2. The zero-order chi connectivity index (χ0) is 18.4. The van der Waals surface area contributed by atoms with Crippen LogP contribution in [0.2, 0.25) is 0 Å². The Morgan fingerprint density at radius 1 is 1.12 bits per heavy atom. The zero-order valence-corrected chi connectivity index (χ0v) is 14.9. The van der Waals surface area contributed by atoms with Crippen molar-refractivity contribution in [3.05, 3.63) is 70.3 Å². The average Bonchev–Trinajstić information content (AvgIpc) is 3.04. The first-order valence-electron chi connectivity index (χ1n) is 8.03. The molecule has 0 saturated heterocycles. The molecule has 0 bridgehead atoms. The zero-order valence-electron chi connectivity index (χ0n) is 14.0. The number of ether oxygens (including phenoxy) is 1. The molecule has 1 heterocycles.